The van der Waals surface area contributed by atoms with Gasteiger partial charge >= 0.3 is 12.2 Å². The number of carbonyl (C=O) groups excluding carboxylic acids is 2. The average Bonchev–Trinajstić information content (AvgIpc) is 2.49. The summed E-state index contributed by atoms with van der Waals surface area (Å²) in [6.45, 7) is 2.14. The largest absolute Gasteiger partial charge is 0.497 e. The Hall–Kier alpha value is -2.25. The summed E-state index contributed by atoms with van der Waals surface area (Å²) in [4.78, 5) is 24.4. The zero-order valence-corrected chi connectivity index (χ0v) is 12.5. The summed E-state index contributed by atoms with van der Waals surface area (Å²) in [5.74, 6) is -1.06. The Labute approximate surface area is 126 Å². The number of nitrogens with zero attached hydrogens (tertiary/aromatic N) is 1. The van der Waals surface area contributed by atoms with Crippen molar-refractivity contribution in [1.29, 1.82) is 0 Å². The lowest BCUT2D eigenvalue weighted by Gasteiger charge is -2.19. The van der Waals surface area contributed by atoms with E-state index in [-0.39, 0.29) is 5.75 Å². The number of hydrogen-bond donors (Lipinski definition) is 1. The van der Waals surface area contributed by atoms with E-state index in [0.29, 0.717) is 17.9 Å². The molecule has 1 aromatic carbocycles. The first kappa shape index (κ1) is 17.8. The highest BCUT2D eigenvalue weighted by molar-refractivity contribution is 6.05. The molecule has 0 heterocycles. The maximum Gasteiger partial charge on any atom is 0.417 e. The van der Waals surface area contributed by atoms with Crippen LogP contribution < -0.4 is 10.1 Å². The highest BCUT2D eigenvalue weighted by atomic mass is 19.4. The molecule has 0 spiro atoms. The van der Waals surface area contributed by atoms with Crippen LogP contribution in [0, 0.1) is 0 Å². The van der Waals surface area contributed by atoms with E-state index in [1.54, 1.807) is 0 Å². The molecule has 0 atom stereocenters. The standard InChI is InChI=1S/C14H17F3N2O3/c1-4-7-18-13(21)19(2)12(20)10-6-5-9(22-3)8-11(10)14(15,16)17/h5-6,8H,4,7H2,1-3H3,(H,18,21). The van der Waals surface area contributed by atoms with Crippen LogP contribution in [-0.2, 0) is 6.18 Å². The van der Waals surface area contributed by atoms with Crippen LogP contribution in [0.5, 0.6) is 5.75 Å². The Morgan fingerprint density at radius 2 is 1.95 bits per heavy atom. The van der Waals surface area contributed by atoms with Crippen LogP contribution >= 0.6 is 0 Å². The van der Waals surface area contributed by atoms with Gasteiger partial charge in [-0.2, -0.15) is 13.2 Å². The van der Waals surface area contributed by atoms with Crippen molar-refractivity contribution in [2.45, 2.75) is 19.5 Å². The SMILES string of the molecule is CCCNC(=O)N(C)C(=O)c1ccc(OC)cc1C(F)(F)F. The number of benzene rings is 1. The van der Waals surface area contributed by atoms with Crippen molar-refractivity contribution < 1.29 is 27.5 Å². The number of nitrogens with one attached hydrogen (secondary N) is 1. The molecule has 0 aromatic heterocycles. The quantitative estimate of drug-likeness (QED) is 0.928. The Morgan fingerprint density at radius 1 is 1.32 bits per heavy atom. The van der Waals surface area contributed by atoms with Crippen LogP contribution in [0.1, 0.15) is 29.3 Å². The molecule has 0 bridgehead atoms. The van der Waals surface area contributed by atoms with Gasteiger partial charge in [-0.15, -0.1) is 0 Å². The number of urea groups is 1. The van der Waals surface area contributed by atoms with Crippen molar-refractivity contribution in [3.05, 3.63) is 29.3 Å². The number of imide groups is 1. The molecule has 8 heteroatoms. The van der Waals surface area contributed by atoms with Crippen molar-refractivity contribution in [2.24, 2.45) is 0 Å². The van der Waals surface area contributed by atoms with Gasteiger partial charge in [-0.1, -0.05) is 6.92 Å². The van der Waals surface area contributed by atoms with E-state index in [2.05, 4.69) is 5.32 Å². The summed E-state index contributed by atoms with van der Waals surface area (Å²) in [6.07, 6.45) is -4.09. The molecule has 1 N–H and O–H groups in total. The third-order valence-corrected chi connectivity index (χ3v) is 2.90. The van der Waals surface area contributed by atoms with Gasteiger partial charge in [0.25, 0.3) is 5.91 Å². The third kappa shape index (κ3) is 4.12. The fourth-order valence-corrected chi connectivity index (χ4v) is 1.69. The van der Waals surface area contributed by atoms with Crippen molar-refractivity contribution in [3.8, 4) is 5.75 Å². The molecule has 5 nitrogen and oxygen atoms in total. The first-order valence-corrected chi connectivity index (χ1v) is 6.53. The number of methoxy groups -OCH3 is 1. The van der Waals surface area contributed by atoms with Crippen LogP contribution in [0.25, 0.3) is 0 Å². The molecule has 0 radical (unpaired) electrons. The fourth-order valence-electron chi connectivity index (χ4n) is 1.69. The predicted molar refractivity (Wildman–Crippen MR) is 73.8 cm³/mol. The maximum atomic E-state index is 13.1. The van der Waals surface area contributed by atoms with Gasteiger partial charge in [0, 0.05) is 13.6 Å². The van der Waals surface area contributed by atoms with Crippen LogP contribution in [0.4, 0.5) is 18.0 Å². The summed E-state index contributed by atoms with van der Waals surface area (Å²) in [5, 5.41) is 2.42. The first-order chi connectivity index (χ1) is 10.2. The van der Waals surface area contributed by atoms with Gasteiger partial charge in [0.2, 0.25) is 0 Å². The van der Waals surface area contributed by atoms with E-state index < -0.39 is 29.2 Å². The molecule has 0 saturated carbocycles. The van der Waals surface area contributed by atoms with Crippen molar-refractivity contribution in [3.63, 3.8) is 0 Å². The predicted octanol–water partition coefficient (Wildman–Crippen LogP) is 2.91. The van der Waals surface area contributed by atoms with Gasteiger partial charge in [0.05, 0.1) is 18.2 Å². The highest BCUT2D eigenvalue weighted by Gasteiger charge is 2.37. The normalized spacial score (nSPS) is 11.0. The molecule has 0 aliphatic carbocycles. The average molecular weight is 318 g/mol. The zero-order valence-electron chi connectivity index (χ0n) is 12.5. The van der Waals surface area contributed by atoms with Gasteiger partial charge in [0.15, 0.2) is 0 Å². The molecule has 1 rings (SSSR count). The number of amides is 3. The lowest BCUT2D eigenvalue weighted by Crippen LogP contribution is -2.42. The second-order valence-corrected chi connectivity index (χ2v) is 4.51. The minimum atomic E-state index is -4.74. The number of rotatable bonds is 4. The fraction of sp³-hybridized carbons (Fsp3) is 0.429. The Morgan fingerprint density at radius 3 is 2.45 bits per heavy atom. The minimum Gasteiger partial charge on any atom is -0.497 e. The van der Waals surface area contributed by atoms with Crippen LogP contribution in [0.2, 0.25) is 0 Å². The lowest BCUT2D eigenvalue weighted by molar-refractivity contribution is -0.138. The summed E-state index contributed by atoms with van der Waals surface area (Å²) < 4.78 is 43.9. The zero-order chi connectivity index (χ0) is 16.9. The molecular formula is C14H17F3N2O3. The van der Waals surface area contributed by atoms with Crippen molar-refractivity contribution in [1.82, 2.24) is 10.2 Å². The number of carbonyl (C=O) groups is 2. The molecule has 1 aromatic rings. The van der Waals surface area contributed by atoms with Crippen molar-refractivity contribution >= 4 is 11.9 Å². The van der Waals surface area contributed by atoms with Gasteiger partial charge in [-0.25, -0.2) is 4.79 Å². The minimum absolute atomic E-state index is 0.0260. The first-order valence-electron chi connectivity index (χ1n) is 6.53. The molecule has 0 saturated heterocycles. The molecule has 0 aliphatic rings. The van der Waals surface area contributed by atoms with E-state index in [0.717, 1.165) is 19.2 Å². The van der Waals surface area contributed by atoms with E-state index in [1.807, 2.05) is 6.92 Å². The summed E-state index contributed by atoms with van der Waals surface area (Å²) >= 11 is 0. The Balaban J connectivity index is 3.14. The summed E-state index contributed by atoms with van der Waals surface area (Å²) in [6, 6.07) is 2.20. The smallest absolute Gasteiger partial charge is 0.417 e. The summed E-state index contributed by atoms with van der Waals surface area (Å²) in [7, 11) is 2.35. The van der Waals surface area contributed by atoms with E-state index in [4.69, 9.17) is 4.74 Å². The van der Waals surface area contributed by atoms with Gasteiger partial charge in [-0.3, -0.25) is 9.69 Å². The van der Waals surface area contributed by atoms with Gasteiger partial charge < -0.3 is 10.1 Å². The van der Waals surface area contributed by atoms with E-state index in [9.17, 15) is 22.8 Å². The monoisotopic (exact) mass is 318 g/mol. The molecule has 122 valence electrons. The molecule has 0 unspecified atom stereocenters. The van der Waals surface area contributed by atoms with E-state index in [1.165, 1.54) is 13.2 Å². The number of halogens is 3. The molecular weight excluding hydrogens is 301 g/mol. The number of ether oxygens (including phenoxy) is 1. The molecule has 3 amide bonds. The molecule has 0 fully saturated rings. The van der Waals surface area contributed by atoms with Gasteiger partial charge in [-0.05, 0) is 24.6 Å². The number of alkyl halides is 3. The van der Waals surface area contributed by atoms with Crippen LogP contribution in [0.15, 0.2) is 18.2 Å². The van der Waals surface area contributed by atoms with Crippen LogP contribution in [0.3, 0.4) is 0 Å². The number of hydrogen-bond acceptors (Lipinski definition) is 3. The van der Waals surface area contributed by atoms with E-state index >= 15 is 0 Å². The van der Waals surface area contributed by atoms with Gasteiger partial charge in [0.1, 0.15) is 5.75 Å². The Bertz CT molecular complexity index is 559. The second-order valence-electron chi connectivity index (χ2n) is 4.51. The maximum absolute atomic E-state index is 13.1. The molecule has 0 aliphatic heterocycles. The molecule has 22 heavy (non-hydrogen) atoms. The van der Waals surface area contributed by atoms with Crippen LogP contribution in [-0.4, -0.2) is 37.5 Å². The van der Waals surface area contributed by atoms with Crippen molar-refractivity contribution in [2.75, 3.05) is 20.7 Å². The highest BCUT2D eigenvalue weighted by Crippen LogP contribution is 2.34. The second kappa shape index (κ2) is 7.15. The lowest BCUT2D eigenvalue weighted by atomic mass is 10.1. The topological polar surface area (TPSA) is 58.6 Å². The Kier molecular flexibility index (Phi) is 5.78. The summed E-state index contributed by atoms with van der Waals surface area (Å²) in [5.41, 5.74) is -1.76. The third-order valence-electron chi connectivity index (χ3n) is 2.90.